The van der Waals surface area contributed by atoms with Crippen molar-refractivity contribution in [1.29, 1.82) is 0 Å². The molecule has 3 atom stereocenters. The summed E-state index contributed by atoms with van der Waals surface area (Å²) in [6.45, 7) is 8.39. The molecule has 0 radical (unpaired) electrons. The van der Waals surface area contributed by atoms with Gasteiger partial charge >= 0.3 is 0 Å². The first-order valence-electron chi connectivity index (χ1n) is 5.37. The van der Waals surface area contributed by atoms with Gasteiger partial charge in [-0.05, 0) is 38.8 Å². The second-order valence-electron chi connectivity index (χ2n) is 4.42. The van der Waals surface area contributed by atoms with Gasteiger partial charge in [-0.15, -0.1) is 0 Å². The van der Waals surface area contributed by atoms with Gasteiger partial charge in [0.05, 0.1) is 0 Å². The van der Waals surface area contributed by atoms with Crippen LogP contribution in [0.5, 0.6) is 0 Å². The molecule has 1 heteroatoms. The van der Waals surface area contributed by atoms with E-state index in [0.717, 1.165) is 17.9 Å². The van der Waals surface area contributed by atoms with E-state index in [1.807, 2.05) is 0 Å². The first kappa shape index (κ1) is 10.0. The van der Waals surface area contributed by atoms with E-state index in [4.69, 9.17) is 0 Å². The monoisotopic (exact) mass is 169 g/mol. The molecule has 0 N–H and O–H groups in total. The molecule has 0 aliphatic carbocycles. The molecule has 0 saturated carbocycles. The largest absolute Gasteiger partial charge is 0.303 e. The standard InChI is InChI=1S/C11H23N/c1-5-6-11-7-8-12(4)10(3)9(11)2/h9-11H,5-8H2,1-4H3. The summed E-state index contributed by atoms with van der Waals surface area (Å²) in [6.07, 6.45) is 4.20. The molecule has 1 aliphatic rings. The molecule has 1 fully saturated rings. The van der Waals surface area contributed by atoms with Crippen molar-refractivity contribution in [2.75, 3.05) is 13.6 Å². The van der Waals surface area contributed by atoms with E-state index < -0.39 is 0 Å². The Kier molecular flexibility index (Phi) is 3.57. The van der Waals surface area contributed by atoms with Crippen LogP contribution in [0.1, 0.15) is 40.0 Å². The fourth-order valence-corrected chi connectivity index (χ4v) is 2.41. The van der Waals surface area contributed by atoms with Gasteiger partial charge in [-0.2, -0.15) is 0 Å². The molecule has 72 valence electrons. The molecule has 0 bridgehead atoms. The van der Waals surface area contributed by atoms with Crippen LogP contribution in [-0.4, -0.2) is 24.5 Å². The van der Waals surface area contributed by atoms with Crippen LogP contribution >= 0.6 is 0 Å². The van der Waals surface area contributed by atoms with Gasteiger partial charge in [0.25, 0.3) is 0 Å². The van der Waals surface area contributed by atoms with Gasteiger partial charge in [-0.25, -0.2) is 0 Å². The van der Waals surface area contributed by atoms with Crippen molar-refractivity contribution >= 4 is 0 Å². The third kappa shape index (κ3) is 2.01. The van der Waals surface area contributed by atoms with E-state index in [-0.39, 0.29) is 0 Å². The molecule has 0 amide bonds. The minimum atomic E-state index is 0.787. The normalized spacial score (nSPS) is 38.5. The van der Waals surface area contributed by atoms with Crippen LogP contribution in [0.4, 0.5) is 0 Å². The van der Waals surface area contributed by atoms with Crippen molar-refractivity contribution in [3.63, 3.8) is 0 Å². The lowest BCUT2D eigenvalue weighted by Crippen LogP contribution is -2.44. The van der Waals surface area contributed by atoms with E-state index >= 15 is 0 Å². The molecule has 1 saturated heterocycles. The maximum absolute atomic E-state index is 2.50. The highest BCUT2D eigenvalue weighted by molar-refractivity contribution is 4.82. The van der Waals surface area contributed by atoms with Crippen LogP contribution in [0.3, 0.4) is 0 Å². The zero-order valence-corrected chi connectivity index (χ0v) is 9.01. The molecular formula is C11H23N. The molecule has 1 rings (SSSR count). The van der Waals surface area contributed by atoms with Crippen LogP contribution in [0.25, 0.3) is 0 Å². The highest BCUT2D eigenvalue weighted by atomic mass is 15.1. The third-order valence-electron chi connectivity index (χ3n) is 3.71. The first-order chi connectivity index (χ1) is 5.66. The maximum Gasteiger partial charge on any atom is 0.00921 e. The van der Waals surface area contributed by atoms with E-state index in [9.17, 15) is 0 Å². The third-order valence-corrected chi connectivity index (χ3v) is 3.71. The lowest BCUT2D eigenvalue weighted by Gasteiger charge is -2.40. The molecule has 0 aromatic rings. The lowest BCUT2D eigenvalue weighted by molar-refractivity contribution is 0.0861. The zero-order chi connectivity index (χ0) is 9.14. The second kappa shape index (κ2) is 4.27. The van der Waals surface area contributed by atoms with Crippen molar-refractivity contribution in [3.05, 3.63) is 0 Å². The Labute approximate surface area is 77.1 Å². The van der Waals surface area contributed by atoms with Gasteiger partial charge in [-0.1, -0.05) is 26.7 Å². The summed E-state index contributed by atoms with van der Waals surface area (Å²) in [4.78, 5) is 2.50. The van der Waals surface area contributed by atoms with E-state index in [0.29, 0.717) is 0 Å². The molecule has 12 heavy (non-hydrogen) atoms. The second-order valence-corrected chi connectivity index (χ2v) is 4.42. The van der Waals surface area contributed by atoms with Crippen molar-refractivity contribution in [2.24, 2.45) is 11.8 Å². The number of hydrogen-bond acceptors (Lipinski definition) is 1. The molecule has 1 heterocycles. The predicted octanol–water partition coefficient (Wildman–Crippen LogP) is 2.76. The molecular weight excluding hydrogens is 146 g/mol. The number of likely N-dealkylation sites (tertiary alicyclic amines) is 1. The first-order valence-corrected chi connectivity index (χ1v) is 5.37. The van der Waals surface area contributed by atoms with Crippen molar-refractivity contribution in [3.8, 4) is 0 Å². The zero-order valence-electron chi connectivity index (χ0n) is 9.01. The van der Waals surface area contributed by atoms with Gasteiger partial charge in [0.2, 0.25) is 0 Å². The van der Waals surface area contributed by atoms with Crippen LogP contribution in [0, 0.1) is 11.8 Å². The number of nitrogens with zero attached hydrogens (tertiary/aromatic N) is 1. The SMILES string of the molecule is CCCC1CCN(C)C(C)C1C. The topological polar surface area (TPSA) is 3.24 Å². The molecule has 1 nitrogen and oxygen atoms in total. The fraction of sp³-hybridized carbons (Fsp3) is 1.00. The van der Waals surface area contributed by atoms with E-state index in [2.05, 4.69) is 32.7 Å². The smallest absolute Gasteiger partial charge is 0.00921 e. The number of piperidine rings is 1. The van der Waals surface area contributed by atoms with Crippen molar-refractivity contribution in [2.45, 2.75) is 46.1 Å². The van der Waals surface area contributed by atoms with Crippen LogP contribution in [0.2, 0.25) is 0 Å². The highest BCUT2D eigenvalue weighted by Crippen LogP contribution is 2.30. The van der Waals surface area contributed by atoms with E-state index in [1.54, 1.807) is 0 Å². The van der Waals surface area contributed by atoms with Gasteiger partial charge in [0.15, 0.2) is 0 Å². The van der Waals surface area contributed by atoms with E-state index in [1.165, 1.54) is 25.8 Å². The van der Waals surface area contributed by atoms with Crippen LogP contribution in [-0.2, 0) is 0 Å². The fourth-order valence-electron chi connectivity index (χ4n) is 2.41. The summed E-state index contributed by atoms with van der Waals surface area (Å²) in [7, 11) is 2.25. The Bertz CT molecular complexity index is 133. The summed E-state index contributed by atoms with van der Waals surface area (Å²) < 4.78 is 0. The van der Waals surface area contributed by atoms with Crippen LogP contribution < -0.4 is 0 Å². The quantitative estimate of drug-likeness (QED) is 0.614. The Morgan fingerprint density at radius 3 is 2.58 bits per heavy atom. The summed E-state index contributed by atoms with van der Waals surface area (Å²) in [5.41, 5.74) is 0. The Morgan fingerprint density at radius 1 is 1.33 bits per heavy atom. The average molecular weight is 169 g/mol. The summed E-state index contributed by atoms with van der Waals surface area (Å²) >= 11 is 0. The predicted molar refractivity (Wildman–Crippen MR) is 54.3 cm³/mol. The molecule has 0 spiro atoms. The molecule has 1 aliphatic heterocycles. The van der Waals surface area contributed by atoms with Gasteiger partial charge < -0.3 is 4.90 Å². The summed E-state index contributed by atoms with van der Waals surface area (Å²) in [6, 6.07) is 0.787. The summed E-state index contributed by atoms with van der Waals surface area (Å²) in [5, 5.41) is 0. The molecule has 0 aromatic heterocycles. The van der Waals surface area contributed by atoms with Crippen LogP contribution in [0.15, 0.2) is 0 Å². The molecule has 3 unspecified atom stereocenters. The van der Waals surface area contributed by atoms with Crippen molar-refractivity contribution in [1.82, 2.24) is 4.90 Å². The lowest BCUT2D eigenvalue weighted by atomic mass is 9.79. The number of rotatable bonds is 2. The van der Waals surface area contributed by atoms with Gasteiger partial charge in [0, 0.05) is 6.04 Å². The Balaban J connectivity index is 2.46. The highest BCUT2D eigenvalue weighted by Gasteiger charge is 2.29. The minimum absolute atomic E-state index is 0.787. The average Bonchev–Trinajstić information content (AvgIpc) is 2.07. The molecule has 0 aromatic carbocycles. The summed E-state index contributed by atoms with van der Waals surface area (Å²) in [5.74, 6) is 1.88. The van der Waals surface area contributed by atoms with Gasteiger partial charge in [-0.3, -0.25) is 0 Å². The maximum atomic E-state index is 2.50. The van der Waals surface area contributed by atoms with Crippen molar-refractivity contribution < 1.29 is 0 Å². The minimum Gasteiger partial charge on any atom is -0.303 e. The van der Waals surface area contributed by atoms with Gasteiger partial charge in [0.1, 0.15) is 0 Å². The number of hydrogen-bond donors (Lipinski definition) is 0. The Hall–Kier alpha value is -0.0400. The Morgan fingerprint density at radius 2 is 2.00 bits per heavy atom.